The van der Waals surface area contributed by atoms with Gasteiger partial charge in [0.05, 0.1) is 11.9 Å². The number of rotatable bonds is 6. The highest BCUT2D eigenvalue weighted by Gasteiger charge is 2.33. The van der Waals surface area contributed by atoms with Gasteiger partial charge >= 0.3 is 6.03 Å². The zero-order valence-electron chi connectivity index (χ0n) is 18.5. The van der Waals surface area contributed by atoms with Crippen molar-refractivity contribution in [1.82, 2.24) is 4.72 Å². The van der Waals surface area contributed by atoms with Crippen LogP contribution < -0.4 is 15.5 Å². The normalized spacial score (nSPS) is 18.8. The van der Waals surface area contributed by atoms with Crippen molar-refractivity contribution in [3.8, 4) is 0 Å². The van der Waals surface area contributed by atoms with E-state index in [0.717, 1.165) is 36.1 Å². The molecule has 1 unspecified atom stereocenters. The van der Waals surface area contributed by atoms with Crippen molar-refractivity contribution < 1.29 is 18.5 Å². The molecule has 2 aliphatic carbocycles. The molecule has 7 nitrogen and oxygen atoms in total. The van der Waals surface area contributed by atoms with Gasteiger partial charge in [-0.2, -0.15) is 0 Å². The van der Waals surface area contributed by atoms with E-state index < -0.39 is 21.5 Å². The van der Waals surface area contributed by atoms with Gasteiger partial charge in [0.1, 0.15) is 7.85 Å². The van der Waals surface area contributed by atoms with Crippen LogP contribution in [0.5, 0.6) is 0 Å². The number of aliphatic hydroxyl groups is 1. The first-order chi connectivity index (χ1) is 14.5. The molecule has 1 aromatic heterocycles. The van der Waals surface area contributed by atoms with E-state index in [1.165, 1.54) is 36.2 Å². The lowest BCUT2D eigenvalue weighted by Gasteiger charge is -2.22. The minimum absolute atomic E-state index is 0.194. The van der Waals surface area contributed by atoms with Gasteiger partial charge in [-0.15, -0.1) is 0 Å². The van der Waals surface area contributed by atoms with Crippen LogP contribution in [-0.2, 0) is 28.4 Å². The van der Waals surface area contributed by atoms with Gasteiger partial charge in [-0.05, 0) is 74.5 Å². The third kappa shape index (κ3) is 4.39. The molecule has 1 fully saturated rings. The number of hydrogen-bond acceptors (Lipinski definition) is 5. The largest absolute Gasteiger partial charge is 0.452 e. The predicted octanol–water partition coefficient (Wildman–Crippen LogP) is 2.91. The summed E-state index contributed by atoms with van der Waals surface area (Å²) in [6.45, 7) is 5.33. The number of furan rings is 1. The molecule has 2 aromatic rings. The van der Waals surface area contributed by atoms with Crippen LogP contribution in [0, 0.1) is 10.7 Å². The van der Waals surface area contributed by atoms with Gasteiger partial charge in [-0.1, -0.05) is 18.5 Å². The van der Waals surface area contributed by atoms with Gasteiger partial charge in [-0.3, -0.25) is 0 Å². The first-order valence-corrected chi connectivity index (χ1v) is 12.4. The Morgan fingerprint density at radius 2 is 2.00 bits per heavy atom. The van der Waals surface area contributed by atoms with Crippen molar-refractivity contribution in [3.05, 3.63) is 40.6 Å². The van der Waals surface area contributed by atoms with Gasteiger partial charge in [-0.25, -0.2) is 18.5 Å². The summed E-state index contributed by atoms with van der Waals surface area (Å²) >= 11 is 0. The quantitative estimate of drug-likeness (QED) is 0.514. The van der Waals surface area contributed by atoms with E-state index >= 15 is 0 Å². The van der Waals surface area contributed by atoms with Crippen LogP contribution in [0.3, 0.4) is 0 Å². The van der Waals surface area contributed by atoms with Crippen LogP contribution in [0.4, 0.5) is 10.5 Å². The van der Waals surface area contributed by atoms with E-state index in [-0.39, 0.29) is 5.09 Å². The standard InChI is InChI=1S/C22H30BN3O4S/c1-12(13-7-8-13)17-10-18(23)15-5-4-6-16(15)20(17)25-21(27)26-31(24,29)19-9-14(11-30-19)22(2,3)28/h9-13,28H,4-8,23H2,1-3H3,(H3,24,25,26,27,29)/t12-,31?/m1/s1. The summed E-state index contributed by atoms with van der Waals surface area (Å²) in [6, 6.07) is 2.84. The molecule has 2 atom stereocenters. The highest BCUT2D eigenvalue weighted by atomic mass is 32.2. The number of fused-ring (bicyclic) bond motifs is 1. The maximum Gasteiger partial charge on any atom is 0.332 e. The van der Waals surface area contributed by atoms with E-state index in [0.29, 0.717) is 17.4 Å². The third-order valence-electron chi connectivity index (χ3n) is 6.52. The van der Waals surface area contributed by atoms with Gasteiger partial charge in [0.25, 0.3) is 0 Å². The summed E-state index contributed by atoms with van der Waals surface area (Å²) in [5.41, 5.74) is 4.83. The molecule has 0 radical (unpaired) electrons. The van der Waals surface area contributed by atoms with E-state index in [4.69, 9.17) is 9.20 Å². The molecule has 0 saturated heterocycles. The fourth-order valence-corrected chi connectivity index (χ4v) is 5.38. The highest BCUT2D eigenvalue weighted by Crippen LogP contribution is 2.46. The summed E-state index contributed by atoms with van der Waals surface area (Å²) in [6.07, 6.45) is 6.61. The summed E-state index contributed by atoms with van der Waals surface area (Å²) < 4.78 is 28.5. The first-order valence-electron chi connectivity index (χ1n) is 10.8. The Morgan fingerprint density at radius 3 is 2.61 bits per heavy atom. The molecule has 2 aliphatic rings. The molecule has 0 aliphatic heterocycles. The smallest absolute Gasteiger partial charge is 0.332 e. The Hall–Kier alpha value is -2.26. The van der Waals surface area contributed by atoms with Crippen LogP contribution >= 0.6 is 0 Å². The average Bonchev–Trinajstić information content (AvgIpc) is 3.17. The molecule has 4 rings (SSSR count). The Labute approximate surface area is 184 Å². The molecule has 1 heterocycles. The maximum absolute atomic E-state index is 12.9. The minimum Gasteiger partial charge on any atom is -0.452 e. The van der Waals surface area contributed by atoms with Crippen LogP contribution in [0.2, 0.25) is 0 Å². The number of carbonyl (C=O) groups excluding carboxylic acids is 1. The van der Waals surface area contributed by atoms with Crippen molar-refractivity contribution in [3.63, 3.8) is 0 Å². The van der Waals surface area contributed by atoms with E-state index in [2.05, 4.69) is 30.9 Å². The molecule has 9 heteroatoms. The first kappa shape index (κ1) is 22.0. The van der Waals surface area contributed by atoms with E-state index in [9.17, 15) is 14.1 Å². The summed E-state index contributed by atoms with van der Waals surface area (Å²) in [7, 11) is -1.59. The van der Waals surface area contributed by atoms with E-state index in [1.807, 2.05) is 0 Å². The monoisotopic (exact) mass is 443 g/mol. The molecule has 1 aromatic carbocycles. The Balaban J connectivity index is 1.60. The number of urea groups is 1. The zero-order chi connectivity index (χ0) is 22.6. The lowest BCUT2D eigenvalue weighted by atomic mass is 9.82. The van der Waals surface area contributed by atoms with Crippen molar-refractivity contribution in [2.75, 3.05) is 5.32 Å². The Bertz CT molecular complexity index is 1130. The molecule has 0 spiro atoms. The van der Waals surface area contributed by atoms with E-state index in [1.54, 1.807) is 13.8 Å². The van der Waals surface area contributed by atoms with Crippen molar-refractivity contribution >= 4 is 34.9 Å². The van der Waals surface area contributed by atoms with Crippen molar-refractivity contribution in [2.24, 2.45) is 5.92 Å². The second kappa shape index (κ2) is 7.71. The summed E-state index contributed by atoms with van der Waals surface area (Å²) in [4.78, 5) is 12.8. The third-order valence-corrected chi connectivity index (χ3v) is 7.77. The van der Waals surface area contributed by atoms with Gasteiger partial charge in [0.15, 0.2) is 9.92 Å². The van der Waals surface area contributed by atoms with Crippen LogP contribution in [0.15, 0.2) is 27.9 Å². The summed E-state index contributed by atoms with van der Waals surface area (Å²) in [5.74, 6) is 0.964. The van der Waals surface area contributed by atoms with Gasteiger partial charge < -0.3 is 14.8 Å². The van der Waals surface area contributed by atoms with Crippen molar-refractivity contribution in [1.29, 1.82) is 4.78 Å². The fraction of sp³-hybridized carbons (Fsp3) is 0.500. The molecule has 166 valence electrons. The molecule has 31 heavy (non-hydrogen) atoms. The molecule has 2 amide bonds. The molecular formula is C22H30BN3O4S. The maximum atomic E-state index is 12.9. The lowest BCUT2D eigenvalue weighted by molar-refractivity contribution is 0.0779. The van der Waals surface area contributed by atoms with Crippen LogP contribution in [0.1, 0.15) is 68.2 Å². The second-order valence-corrected chi connectivity index (χ2v) is 11.1. The van der Waals surface area contributed by atoms with Gasteiger partial charge in [0, 0.05) is 17.3 Å². The lowest BCUT2D eigenvalue weighted by Crippen LogP contribution is -2.34. The topological polar surface area (TPSA) is 115 Å². The SMILES string of the molecule is Bc1cc([C@H](C)C2CC2)c(NC(=O)NS(=N)(=O)c2cc(C(C)(C)O)co2)c2c1CCC2. The zero-order valence-corrected chi connectivity index (χ0v) is 19.3. The summed E-state index contributed by atoms with van der Waals surface area (Å²) in [5, 5.41) is 12.8. The van der Waals surface area contributed by atoms with Gasteiger partial charge in [0.2, 0.25) is 5.09 Å². The number of benzene rings is 1. The Kier molecular flexibility index (Phi) is 5.46. The number of amides is 2. The number of carbonyl (C=O) groups is 1. The Morgan fingerprint density at radius 1 is 1.32 bits per heavy atom. The molecule has 0 bridgehead atoms. The van der Waals surface area contributed by atoms with Crippen LogP contribution in [0.25, 0.3) is 0 Å². The molecular weight excluding hydrogens is 413 g/mol. The number of anilines is 1. The van der Waals surface area contributed by atoms with Crippen LogP contribution in [-0.4, -0.2) is 23.2 Å². The predicted molar refractivity (Wildman–Crippen MR) is 123 cm³/mol. The fourth-order valence-electron chi connectivity index (χ4n) is 4.49. The number of nitrogens with one attached hydrogen (secondary N) is 3. The average molecular weight is 443 g/mol. The molecule has 4 N–H and O–H groups in total. The highest BCUT2D eigenvalue weighted by molar-refractivity contribution is 7.91. The minimum atomic E-state index is -3.72. The van der Waals surface area contributed by atoms with Crippen molar-refractivity contribution in [2.45, 2.75) is 69.5 Å². The number of hydrogen-bond donors (Lipinski definition) is 4. The second-order valence-electron chi connectivity index (χ2n) is 9.42. The molecule has 1 saturated carbocycles.